The number of hydrogen-bond donors (Lipinski definition) is 2. The van der Waals surface area contributed by atoms with Crippen LogP contribution in [-0.4, -0.2) is 43.9 Å². The molecule has 1 rings (SSSR count). The third-order valence-corrected chi connectivity index (χ3v) is 2.91. The number of methoxy groups -OCH3 is 1. The molecule has 1 unspecified atom stereocenters. The Hall–Kier alpha value is -1.30. The van der Waals surface area contributed by atoms with E-state index in [1.165, 1.54) is 7.11 Å². The number of alkyl carbamates (subject to hydrolysis) is 1. The lowest BCUT2D eigenvalue weighted by Crippen LogP contribution is -2.45. The van der Waals surface area contributed by atoms with Crippen LogP contribution in [0, 0.1) is 5.92 Å². The van der Waals surface area contributed by atoms with Crippen LogP contribution in [0.3, 0.4) is 0 Å². The molecule has 1 amide bonds. The quantitative estimate of drug-likeness (QED) is 0.748. The molecule has 0 aromatic heterocycles. The summed E-state index contributed by atoms with van der Waals surface area (Å²) in [7, 11) is 1.32. The van der Waals surface area contributed by atoms with Crippen LogP contribution in [0.25, 0.3) is 0 Å². The van der Waals surface area contributed by atoms with Crippen LogP contribution < -0.4 is 10.6 Å². The first-order valence-corrected chi connectivity index (χ1v) is 6.60. The number of carbonyl (C=O) groups excluding carboxylic acids is 2. The van der Waals surface area contributed by atoms with E-state index in [-0.39, 0.29) is 0 Å². The lowest BCUT2D eigenvalue weighted by atomic mass is 9.99. The van der Waals surface area contributed by atoms with E-state index < -0.39 is 23.7 Å². The molecule has 0 aromatic rings. The molecule has 1 aliphatic rings. The van der Waals surface area contributed by atoms with Crippen LogP contribution in [0.4, 0.5) is 4.79 Å². The minimum atomic E-state index is -0.648. The maximum atomic E-state index is 11.7. The van der Waals surface area contributed by atoms with Crippen molar-refractivity contribution in [3.05, 3.63) is 0 Å². The Morgan fingerprint density at radius 3 is 2.58 bits per heavy atom. The second kappa shape index (κ2) is 6.75. The molecule has 110 valence electrons. The standard InChI is InChI=1S/C13H24N2O4/c1-13(2,3)19-12(17)15-10(11(16)18-4)7-9-5-6-14-8-9/h9-10,14H,5-8H2,1-4H3,(H,15,17)/t9?,10-/m0/s1. The molecule has 0 saturated carbocycles. The van der Waals surface area contributed by atoms with Gasteiger partial charge in [0.25, 0.3) is 0 Å². The van der Waals surface area contributed by atoms with E-state index in [2.05, 4.69) is 10.6 Å². The monoisotopic (exact) mass is 272 g/mol. The highest BCUT2D eigenvalue weighted by molar-refractivity contribution is 5.81. The second-order valence-corrected chi connectivity index (χ2v) is 5.82. The third kappa shape index (κ3) is 5.92. The molecule has 0 radical (unpaired) electrons. The van der Waals surface area contributed by atoms with Crippen molar-refractivity contribution in [2.75, 3.05) is 20.2 Å². The first kappa shape index (κ1) is 15.8. The van der Waals surface area contributed by atoms with E-state index >= 15 is 0 Å². The molecule has 0 aromatic carbocycles. The Kier molecular flexibility index (Phi) is 5.60. The van der Waals surface area contributed by atoms with Crippen LogP contribution in [0.5, 0.6) is 0 Å². The molecule has 6 nitrogen and oxygen atoms in total. The number of nitrogens with one attached hydrogen (secondary N) is 2. The molecule has 2 N–H and O–H groups in total. The molecule has 0 bridgehead atoms. The van der Waals surface area contributed by atoms with Crippen LogP contribution in [-0.2, 0) is 14.3 Å². The topological polar surface area (TPSA) is 76.7 Å². The summed E-state index contributed by atoms with van der Waals surface area (Å²) in [5.74, 6) is -0.0585. The van der Waals surface area contributed by atoms with Gasteiger partial charge in [-0.2, -0.15) is 0 Å². The van der Waals surface area contributed by atoms with Crippen molar-refractivity contribution >= 4 is 12.1 Å². The van der Waals surface area contributed by atoms with Gasteiger partial charge in [0.2, 0.25) is 0 Å². The van der Waals surface area contributed by atoms with Crippen molar-refractivity contribution in [2.45, 2.75) is 45.3 Å². The van der Waals surface area contributed by atoms with Gasteiger partial charge in [-0.25, -0.2) is 9.59 Å². The van der Waals surface area contributed by atoms with Crippen molar-refractivity contribution < 1.29 is 19.1 Å². The summed E-state index contributed by atoms with van der Waals surface area (Å²) in [6, 6.07) is -0.648. The minimum absolute atomic E-state index is 0.374. The average Bonchev–Trinajstić information content (AvgIpc) is 2.77. The molecule has 6 heteroatoms. The maximum Gasteiger partial charge on any atom is 0.408 e. The Labute approximate surface area is 114 Å². The number of amides is 1. The summed E-state index contributed by atoms with van der Waals surface area (Å²) in [6.45, 7) is 7.15. The van der Waals surface area contributed by atoms with E-state index in [1.807, 2.05) is 0 Å². The van der Waals surface area contributed by atoms with E-state index in [0.717, 1.165) is 19.5 Å². The van der Waals surface area contributed by atoms with Crippen LogP contribution in [0.2, 0.25) is 0 Å². The van der Waals surface area contributed by atoms with Gasteiger partial charge in [-0.05, 0) is 52.6 Å². The summed E-state index contributed by atoms with van der Waals surface area (Å²) in [4.78, 5) is 23.4. The predicted octanol–water partition coefficient (Wildman–Crippen LogP) is 1.05. The first-order valence-electron chi connectivity index (χ1n) is 6.60. The molecule has 2 atom stereocenters. The number of ether oxygens (including phenoxy) is 2. The summed E-state index contributed by atoms with van der Waals surface area (Å²) in [5, 5.41) is 5.82. The fraction of sp³-hybridized carbons (Fsp3) is 0.846. The summed E-state index contributed by atoms with van der Waals surface area (Å²) >= 11 is 0. The van der Waals surface area contributed by atoms with Gasteiger partial charge in [0.15, 0.2) is 0 Å². The Morgan fingerprint density at radius 1 is 1.42 bits per heavy atom. The zero-order chi connectivity index (χ0) is 14.5. The number of hydrogen-bond acceptors (Lipinski definition) is 5. The van der Waals surface area contributed by atoms with Gasteiger partial charge in [0, 0.05) is 0 Å². The van der Waals surface area contributed by atoms with E-state index in [9.17, 15) is 9.59 Å². The molecule has 19 heavy (non-hydrogen) atoms. The smallest absolute Gasteiger partial charge is 0.408 e. The molecule has 0 aliphatic carbocycles. The Bertz CT molecular complexity index is 319. The van der Waals surface area contributed by atoms with Gasteiger partial charge in [0.05, 0.1) is 7.11 Å². The van der Waals surface area contributed by atoms with Crippen LogP contribution in [0.1, 0.15) is 33.6 Å². The van der Waals surface area contributed by atoms with Gasteiger partial charge in [-0.1, -0.05) is 0 Å². The van der Waals surface area contributed by atoms with Gasteiger partial charge in [0.1, 0.15) is 11.6 Å². The fourth-order valence-electron chi connectivity index (χ4n) is 2.06. The highest BCUT2D eigenvalue weighted by Gasteiger charge is 2.28. The maximum absolute atomic E-state index is 11.7. The summed E-state index contributed by atoms with van der Waals surface area (Å²) < 4.78 is 9.88. The Morgan fingerprint density at radius 2 is 2.11 bits per heavy atom. The van der Waals surface area contributed by atoms with Gasteiger partial charge in [-0.3, -0.25) is 0 Å². The Balaban J connectivity index is 2.53. The van der Waals surface area contributed by atoms with E-state index in [1.54, 1.807) is 20.8 Å². The average molecular weight is 272 g/mol. The predicted molar refractivity (Wildman–Crippen MR) is 70.8 cm³/mol. The van der Waals surface area contributed by atoms with Crippen molar-refractivity contribution in [1.29, 1.82) is 0 Å². The molecule has 0 spiro atoms. The second-order valence-electron chi connectivity index (χ2n) is 5.82. The first-order chi connectivity index (χ1) is 8.81. The van der Waals surface area contributed by atoms with Crippen LogP contribution >= 0.6 is 0 Å². The largest absolute Gasteiger partial charge is 0.467 e. The van der Waals surface area contributed by atoms with Gasteiger partial charge >= 0.3 is 12.1 Å². The van der Waals surface area contributed by atoms with E-state index in [4.69, 9.17) is 9.47 Å². The summed E-state index contributed by atoms with van der Waals surface area (Å²) in [6.07, 6.45) is 0.983. The lowest BCUT2D eigenvalue weighted by Gasteiger charge is -2.23. The van der Waals surface area contributed by atoms with Gasteiger partial charge < -0.3 is 20.1 Å². The molecule has 1 saturated heterocycles. The number of carbonyl (C=O) groups is 2. The number of esters is 1. The normalized spacial score (nSPS) is 20.7. The summed E-state index contributed by atoms with van der Waals surface area (Å²) in [5.41, 5.74) is -0.584. The lowest BCUT2D eigenvalue weighted by molar-refractivity contribution is -0.143. The van der Waals surface area contributed by atoms with E-state index in [0.29, 0.717) is 12.3 Å². The molecular formula is C13H24N2O4. The molecular weight excluding hydrogens is 248 g/mol. The zero-order valence-corrected chi connectivity index (χ0v) is 12.1. The molecule has 1 aliphatic heterocycles. The SMILES string of the molecule is COC(=O)[C@H](CC1CCNC1)NC(=O)OC(C)(C)C. The highest BCUT2D eigenvalue weighted by atomic mass is 16.6. The van der Waals surface area contributed by atoms with Crippen LogP contribution in [0.15, 0.2) is 0 Å². The minimum Gasteiger partial charge on any atom is -0.467 e. The molecule has 1 fully saturated rings. The zero-order valence-electron chi connectivity index (χ0n) is 12.1. The van der Waals surface area contributed by atoms with Gasteiger partial charge in [-0.15, -0.1) is 0 Å². The molecule has 1 heterocycles. The van der Waals surface area contributed by atoms with Crippen molar-refractivity contribution in [3.8, 4) is 0 Å². The van der Waals surface area contributed by atoms with Crippen molar-refractivity contribution in [3.63, 3.8) is 0 Å². The third-order valence-electron chi connectivity index (χ3n) is 2.91. The van der Waals surface area contributed by atoms with Crippen molar-refractivity contribution in [1.82, 2.24) is 10.6 Å². The van der Waals surface area contributed by atoms with Crippen molar-refractivity contribution in [2.24, 2.45) is 5.92 Å². The fourth-order valence-corrected chi connectivity index (χ4v) is 2.06. The highest BCUT2D eigenvalue weighted by Crippen LogP contribution is 2.16. The number of rotatable bonds is 4.